The number of furan rings is 2. The van der Waals surface area contributed by atoms with Gasteiger partial charge in [-0.2, -0.15) is 0 Å². The molecule has 4 nitrogen and oxygen atoms in total. The first-order valence-corrected chi connectivity index (χ1v) is 29.4. The van der Waals surface area contributed by atoms with E-state index in [0.717, 1.165) is 60.6 Å². The second-order valence-electron chi connectivity index (χ2n) is 21.0. The van der Waals surface area contributed by atoms with Crippen LogP contribution in [0.15, 0.2) is 288 Å². The molecule has 0 radical (unpaired) electrons. The van der Waals surface area contributed by atoms with E-state index in [1.807, 2.05) is 22.7 Å². The van der Waals surface area contributed by atoms with Gasteiger partial charge in [-0.25, -0.2) is 0 Å². The molecule has 0 saturated heterocycles. The third-order valence-corrected chi connectivity index (χ3v) is 18.8. The van der Waals surface area contributed by atoms with Gasteiger partial charge in [-0.1, -0.05) is 200 Å². The highest BCUT2D eigenvalue weighted by Crippen LogP contribution is 2.49. The van der Waals surface area contributed by atoms with Gasteiger partial charge in [-0.15, -0.1) is 22.7 Å². The molecule has 0 unspecified atom stereocenters. The van der Waals surface area contributed by atoms with Crippen LogP contribution in [0.4, 0.5) is 0 Å². The van der Waals surface area contributed by atoms with Crippen molar-refractivity contribution in [2.24, 2.45) is 0 Å². The first-order chi connectivity index (χ1) is 40.7. The molecule has 0 aliphatic rings. The molecule has 384 valence electrons. The Kier molecular flexibility index (Phi) is 10.6. The number of hydrogen-bond acceptors (Lipinski definition) is 4. The van der Waals surface area contributed by atoms with Crippen molar-refractivity contribution in [3.63, 3.8) is 0 Å². The fourth-order valence-corrected chi connectivity index (χ4v) is 15.2. The summed E-state index contributed by atoms with van der Waals surface area (Å²) in [7, 11) is 0. The summed E-state index contributed by atoms with van der Waals surface area (Å²) in [5.74, 6) is 0. The van der Waals surface area contributed by atoms with E-state index < -0.39 is 0 Å². The highest BCUT2D eigenvalue weighted by Gasteiger charge is 2.24. The number of para-hydroxylation sites is 6. The Morgan fingerprint density at radius 2 is 0.707 bits per heavy atom. The molecule has 0 amide bonds. The smallest absolute Gasteiger partial charge is 0.143 e. The van der Waals surface area contributed by atoms with E-state index in [2.05, 4.69) is 288 Å². The van der Waals surface area contributed by atoms with Crippen molar-refractivity contribution >= 4 is 129 Å². The van der Waals surface area contributed by atoms with Gasteiger partial charge >= 0.3 is 0 Å². The van der Waals surface area contributed by atoms with E-state index in [4.69, 9.17) is 8.83 Å². The minimum Gasteiger partial charge on any atom is -0.455 e. The van der Waals surface area contributed by atoms with Gasteiger partial charge in [0, 0.05) is 75.0 Å². The summed E-state index contributed by atoms with van der Waals surface area (Å²) in [5, 5.41) is 9.69. The molecule has 82 heavy (non-hydrogen) atoms. The summed E-state index contributed by atoms with van der Waals surface area (Å²) < 4.78 is 23.2. The van der Waals surface area contributed by atoms with Crippen molar-refractivity contribution < 1.29 is 8.83 Å². The van der Waals surface area contributed by atoms with Crippen molar-refractivity contribution in [1.82, 2.24) is 9.13 Å². The summed E-state index contributed by atoms with van der Waals surface area (Å²) in [6.45, 7) is 0. The van der Waals surface area contributed by atoms with Crippen LogP contribution in [0.2, 0.25) is 0 Å². The average molecular weight is 1080 g/mol. The monoisotopic (exact) mass is 1080 g/mol. The summed E-state index contributed by atoms with van der Waals surface area (Å²) in [6.07, 6.45) is 0. The average Bonchev–Trinajstić information content (AvgIpc) is 4.58. The molecule has 0 atom stereocenters. The van der Waals surface area contributed by atoms with Crippen molar-refractivity contribution in [1.29, 1.82) is 0 Å². The van der Waals surface area contributed by atoms with Crippen LogP contribution in [0.1, 0.15) is 0 Å². The SMILES string of the molecule is c1ccc(-c2ccc3oc4c(-c5ccc6sc7c8ccccc8n(-c8ccccc8)c7c6c5)cccc4c3c2)cc1.c1ccc(-c2ccc3oc4c(-c5cccc6sc7c8ccccc8n(-c8ccccc8)c7c56)cccc4c3c2)cc1. The van der Waals surface area contributed by atoms with Gasteiger partial charge in [-0.05, 0) is 112 Å². The summed E-state index contributed by atoms with van der Waals surface area (Å²) in [4.78, 5) is 0. The number of fused-ring (bicyclic) bond motifs is 16. The van der Waals surface area contributed by atoms with Crippen molar-refractivity contribution in [3.05, 3.63) is 279 Å². The molecular weight excluding hydrogens is 1040 g/mol. The lowest BCUT2D eigenvalue weighted by atomic mass is 9.98. The molecule has 6 aromatic heterocycles. The van der Waals surface area contributed by atoms with E-state index >= 15 is 0 Å². The zero-order chi connectivity index (χ0) is 53.8. The Morgan fingerprint density at radius 1 is 0.268 bits per heavy atom. The third-order valence-electron chi connectivity index (χ3n) is 16.4. The minimum atomic E-state index is 0.910. The standard InChI is InChI=1S/2C38H23NOS/c1-3-11-24(12-4-1)25-21-22-33-31(23-25)29-18-9-17-28(37(29)40-33)27-16-10-20-34-35(27)36-38(41-34)30-15-7-8-19-32(30)39(36)26-13-5-2-6-14-26;1-3-10-24(11-4-1)25-18-20-34-31(22-25)29-16-9-15-28(37(29)40-34)26-19-21-35-32(23-26)36-38(41-35)30-14-7-8-17-33(30)39(36)27-12-5-2-6-13-27/h2*1-23H. The van der Waals surface area contributed by atoms with Gasteiger partial charge in [0.05, 0.1) is 31.5 Å². The Morgan fingerprint density at radius 3 is 1.30 bits per heavy atom. The predicted octanol–water partition coefficient (Wildman–Crippen LogP) is 22.5. The lowest BCUT2D eigenvalue weighted by molar-refractivity contribution is 0.669. The predicted molar refractivity (Wildman–Crippen MR) is 349 cm³/mol. The number of benzene rings is 12. The Hall–Kier alpha value is -10.2. The molecule has 18 rings (SSSR count). The molecule has 0 N–H and O–H groups in total. The molecule has 18 aromatic rings. The van der Waals surface area contributed by atoms with Crippen molar-refractivity contribution in [2.75, 3.05) is 0 Å². The normalized spacial score (nSPS) is 11.9. The molecule has 0 aliphatic carbocycles. The molecule has 0 bridgehead atoms. The van der Waals surface area contributed by atoms with Crippen molar-refractivity contribution in [3.8, 4) is 55.9 Å². The maximum atomic E-state index is 6.64. The lowest BCUT2D eigenvalue weighted by Crippen LogP contribution is -1.93. The Bertz CT molecular complexity index is 5510. The Labute approximate surface area is 478 Å². The number of nitrogens with zero attached hydrogens (tertiary/aromatic N) is 2. The van der Waals surface area contributed by atoms with E-state index in [1.54, 1.807) is 0 Å². The third kappa shape index (κ3) is 7.29. The van der Waals surface area contributed by atoms with Crippen LogP contribution in [-0.2, 0) is 0 Å². The first-order valence-electron chi connectivity index (χ1n) is 27.7. The molecule has 6 heterocycles. The molecule has 0 saturated carbocycles. The van der Waals surface area contributed by atoms with E-state index in [-0.39, 0.29) is 0 Å². The molecule has 0 spiro atoms. The molecule has 12 aromatic carbocycles. The number of rotatable bonds is 6. The summed E-state index contributed by atoms with van der Waals surface area (Å²) in [6, 6.07) is 99.6. The second kappa shape index (κ2) is 18.7. The van der Waals surface area contributed by atoms with E-state index in [0.29, 0.717) is 0 Å². The van der Waals surface area contributed by atoms with Gasteiger partial charge in [0.1, 0.15) is 22.3 Å². The first kappa shape index (κ1) is 46.7. The molecule has 6 heteroatoms. The topological polar surface area (TPSA) is 36.1 Å². The van der Waals surface area contributed by atoms with E-state index in [1.165, 1.54) is 102 Å². The van der Waals surface area contributed by atoms with Gasteiger partial charge in [-0.3, -0.25) is 0 Å². The van der Waals surface area contributed by atoms with Crippen LogP contribution >= 0.6 is 22.7 Å². The maximum Gasteiger partial charge on any atom is 0.143 e. The quantitative estimate of drug-likeness (QED) is 0.166. The number of hydrogen-bond donors (Lipinski definition) is 0. The largest absolute Gasteiger partial charge is 0.455 e. The molecule has 0 fully saturated rings. The van der Waals surface area contributed by atoms with Crippen LogP contribution in [0.5, 0.6) is 0 Å². The van der Waals surface area contributed by atoms with Crippen LogP contribution in [0.25, 0.3) is 162 Å². The number of thiophene rings is 2. The summed E-state index contributed by atoms with van der Waals surface area (Å²) in [5.41, 5.74) is 20.4. The second-order valence-corrected chi connectivity index (χ2v) is 23.2. The lowest BCUT2D eigenvalue weighted by Gasteiger charge is -2.10. The van der Waals surface area contributed by atoms with Gasteiger partial charge in [0.15, 0.2) is 0 Å². The van der Waals surface area contributed by atoms with Crippen LogP contribution < -0.4 is 0 Å². The van der Waals surface area contributed by atoms with Crippen molar-refractivity contribution in [2.45, 2.75) is 0 Å². The zero-order valence-electron chi connectivity index (χ0n) is 44.1. The maximum absolute atomic E-state index is 6.64. The molecular formula is C76H46N2O2S2. The van der Waals surface area contributed by atoms with Crippen LogP contribution in [0, 0.1) is 0 Å². The van der Waals surface area contributed by atoms with E-state index in [9.17, 15) is 0 Å². The van der Waals surface area contributed by atoms with Crippen LogP contribution in [0.3, 0.4) is 0 Å². The van der Waals surface area contributed by atoms with Crippen LogP contribution in [-0.4, -0.2) is 9.13 Å². The summed E-state index contributed by atoms with van der Waals surface area (Å²) >= 11 is 3.75. The van der Waals surface area contributed by atoms with Gasteiger partial charge < -0.3 is 18.0 Å². The highest BCUT2D eigenvalue weighted by atomic mass is 32.1. The number of aromatic nitrogens is 2. The highest BCUT2D eigenvalue weighted by molar-refractivity contribution is 7.27. The molecule has 0 aliphatic heterocycles. The van der Waals surface area contributed by atoms with Gasteiger partial charge in [0.2, 0.25) is 0 Å². The van der Waals surface area contributed by atoms with Gasteiger partial charge in [0.25, 0.3) is 0 Å². The minimum absolute atomic E-state index is 0.910. The Balaban J connectivity index is 0.000000130. The fraction of sp³-hybridized carbons (Fsp3) is 0. The fourth-order valence-electron chi connectivity index (χ4n) is 12.7. The zero-order valence-corrected chi connectivity index (χ0v) is 45.7.